The number of halogens is 2. The zero-order valence-electron chi connectivity index (χ0n) is 7.91. The van der Waals surface area contributed by atoms with Gasteiger partial charge < -0.3 is 5.11 Å². The maximum atomic E-state index is 13.2. The van der Waals surface area contributed by atoms with Crippen LogP contribution in [0.25, 0.3) is 0 Å². The van der Waals surface area contributed by atoms with Gasteiger partial charge in [0.25, 0.3) is 0 Å². The van der Waals surface area contributed by atoms with Crippen LogP contribution in [0.3, 0.4) is 0 Å². The molecule has 0 saturated heterocycles. The first-order chi connectivity index (χ1) is 7.00. The first kappa shape index (κ1) is 12.4. The van der Waals surface area contributed by atoms with Crippen molar-refractivity contribution in [3.8, 4) is 0 Å². The van der Waals surface area contributed by atoms with Crippen molar-refractivity contribution in [2.75, 3.05) is 5.75 Å². The van der Waals surface area contributed by atoms with Gasteiger partial charge in [-0.05, 0) is 22.0 Å². The van der Waals surface area contributed by atoms with Crippen LogP contribution in [0.4, 0.5) is 4.39 Å². The minimum atomic E-state index is -0.889. The van der Waals surface area contributed by atoms with Gasteiger partial charge >= 0.3 is 5.97 Å². The molecule has 1 N–H and O–H groups in total. The molecule has 6 heteroatoms. The Hall–Kier alpha value is -0.620. The molecule has 1 atom stereocenters. The van der Waals surface area contributed by atoms with Crippen molar-refractivity contribution in [1.82, 2.24) is 4.98 Å². The predicted octanol–water partition coefficient (Wildman–Crippen LogP) is 2.80. The molecule has 0 amide bonds. The normalized spacial score (nSPS) is 12.5. The lowest BCUT2D eigenvalue weighted by Gasteiger charge is -2.05. The van der Waals surface area contributed by atoms with Crippen LogP contribution >= 0.6 is 27.7 Å². The number of nitrogens with zero attached hydrogens (tertiary/aromatic N) is 1. The van der Waals surface area contributed by atoms with Crippen LogP contribution in [0, 0.1) is 11.7 Å². The van der Waals surface area contributed by atoms with Gasteiger partial charge in [-0.2, -0.15) is 0 Å². The molecule has 1 aromatic heterocycles. The molecule has 1 aromatic rings. The molecule has 0 aliphatic carbocycles. The average Bonchev–Trinajstić information content (AvgIpc) is 2.15. The van der Waals surface area contributed by atoms with E-state index in [4.69, 9.17) is 5.11 Å². The zero-order chi connectivity index (χ0) is 11.4. The molecule has 3 nitrogen and oxygen atoms in total. The zero-order valence-corrected chi connectivity index (χ0v) is 10.3. The van der Waals surface area contributed by atoms with E-state index in [1.165, 1.54) is 12.3 Å². The average molecular weight is 294 g/mol. The maximum Gasteiger partial charge on any atom is 0.307 e. The summed E-state index contributed by atoms with van der Waals surface area (Å²) in [4.78, 5) is 14.4. The van der Waals surface area contributed by atoms with Crippen LogP contribution in [0.2, 0.25) is 0 Å². The molecule has 0 aliphatic heterocycles. The molecule has 0 bridgehead atoms. The summed E-state index contributed by atoms with van der Waals surface area (Å²) in [5.41, 5.74) is 0. The van der Waals surface area contributed by atoms with E-state index in [1.54, 1.807) is 6.92 Å². The van der Waals surface area contributed by atoms with E-state index >= 15 is 0 Å². The molecule has 15 heavy (non-hydrogen) atoms. The Morgan fingerprint density at radius 1 is 1.80 bits per heavy atom. The lowest BCUT2D eigenvalue weighted by molar-refractivity contribution is -0.140. The summed E-state index contributed by atoms with van der Waals surface area (Å²) in [6, 6.07) is 1.31. The first-order valence-electron chi connectivity index (χ1n) is 4.17. The molecule has 1 heterocycles. The second-order valence-electron chi connectivity index (χ2n) is 2.99. The largest absolute Gasteiger partial charge is 0.481 e. The van der Waals surface area contributed by atoms with E-state index < -0.39 is 17.7 Å². The Kier molecular flexibility index (Phi) is 4.53. The SMILES string of the molecule is CC(CSc1ncc(Br)cc1F)C(=O)O. The fourth-order valence-electron chi connectivity index (χ4n) is 0.783. The van der Waals surface area contributed by atoms with E-state index in [0.29, 0.717) is 10.2 Å². The summed E-state index contributed by atoms with van der Waals surface area (Å²) in [7, 11) is 0. The first-order valence-corrected chi connectivity index (χ1v) is 5.95. The molecule has 82 valence electrons. The van der Waals surface area contributed by atoms with Crippen LogP contribution in [-0.4, -0.2) is 21.8 Å². The van der Waals surface area contributed by atoms with Crippen molar-refractivity contribution in [3.63, 3.8) is 0 Å². The van der Waals surface area contributed by atoms with Gasteiger partial charge in [-0.3, -0.25) is 4.79 Å². The summed E-state index contributed by atoms with van der Waals surface area (Å²) in [6.07, 6.45) is 1.48. The Morgan fingerprint density at radius 3 is 3.00 bits per heavy atom. The van der Waals surface area contributed by atoms with Crippen LogP contribution in [0.15, 0.2) is 21.8 Å². The number of carboxylic acids is 1. The van der Waals surface area contributed by atoms with E-state index in [9.17, 15) is 9.18 Å². The molecule has 1 rings (SSSR count). The number of hydrogen-bond acceptors (Lipinski definition) is 3. The van der Waals surface area contributed by atoms with Crippen LogP contribution in [0.1, 0.15) is 6.92 Å². The van der Waals surface area contributed by atoms with Gasteiger partial charge in [-0.15, -0.1) is 11.8 Å². The number of rotatable bonds is 4. The molecule has 0 spiro atoms. The van der Waals surface area contributed by atoms with Gasteiger partial charge in [0.05, 0.1) is 5.92 Å². The third-order valence-corrected chi connectivity index (χ3v) is 3.34. The van der Waals surface area contributed by atoms with Crippen molar-refractivity contribution in [1.29, 1.82) is 0 Å². The van der Waals surface area contributed by atoms with Crippen molar-refractivity contribution < 1.29 is 14.3 Å². The highest BCUT2D eigenvalue weighted by molar-refractivity contribution is 9.10. The summed E-state index contributed by atoms with van der Waals surface area (Å²) in [6.45, 7) is 1.58. The second kappa shape index (κ2) is 5.46. The van der Waals surface area contributed by atoms with Gasteiger partial charge in [-0.1, -0.05) is 6.92 Å². The summed E-state index contributed by atoms with van der Waals surface area (Å²) in [5, 5.41) is 8.87. The second-order valence-corrected chi connectivity index (χ2v) is 4.92. The summed E-state index contributed by atoms with van der Waals surface area (Å²) >= 11 is 4.20. The molecular weight excluding hydrogens is 285 g/mol. The number of carboxylic acid groups (broad SMARTS) is 1. The quantitative estimate of drug-likeness (QED) is 0.868. The molecule has 0 aromatic carbocycles. The number of aliphatic carboxylic acids is 1. The van der Waals surface area contributed by atoms with E-state index in [-0.39, 0.29) is 5.03 Å². The lowest BCUT2D eigenvalue weighted by atomic mass is 10.2. The molecular formula is C9H9BrFNO2S. The molecule has 1 unspecified atom stereocenters. The predicted molar refractivity (Wildman–Crippen MR) is 59.4 cm³/mol. The summed E-state index contributed by atoms with van der Waals surface area (Å²) in [5.74, 6) is -1.53. The highest BCUT2D eigenvalue weighted by atomic mass is 79.9. The number of pyridine rings is 1. The van der Waals surface area contributed by atoms with E-state index in [0.717, 1.165) is 11.8 Å². The van der Waals surface area contributed by atoms with E-state index in [2.05, 4.69) is 20.9 Å². The monoisotopic (exact) mass is 293 g/mol. The summed E-state index contributed by atoms with van der Waals surface area (Å²) < 4.78 is 13.8. The van der Waals surface area contributed by atoms with Crippen LogP contribution < -0.4 is 0 Å². The van der Waals surface area contributed by atoms with Crippen molar-refractivity contribution in [2.45, 2.75) is 11.9 Å². The number of carbonyl (C=O) groups is 1. The number of aromatic nitrogens is 1. The fraction of sp³-hybridized carbons (Fsp3) is 0.333. The smallest absolute Gasteiger partial charge is 0.307 e. The third kappa shape index (κ3) is 3.79. The Balaban J connectivity index is 2.62. The van der Waals surface area contributed by atoms with Gasteiger partial charge in [0.15, 0.2) is 5.82 Å². The molecule has 0 radical (unpaired) electrons. The number of thioether (sulfide) groups is 1. The standard InChI is InChI=1S/C9H9BrFNO2S/c1-5(9(13)14)4-15-8-7(11)2-6(10)3-12-8/h2-3,5H,4H2,1H3,(H,13,14). The maximum absolute atomic E-state index is 13.2. The minimum Gasteiger partial charge on any atom is -0.481 e. The highest BCUT2D eigenvalue weighted by Gasteiger charge is 2.13. The van der Waals surface area contributed by atoms with Gasteiger partial charge in [0, 0.05) is 16.4 Å². The lowest BCUT2D eigenvalue weighted by Crippen LogP contribution is -2.11. The van der Waals surface area contributed by atoms with Crippen LogP contribution in [0.5, 0.6) is 0 Å². The van der Waals surface area contributed by atoms with Crippen LogP contribution in [-0.2, 0) is 4.79 Å². The van der Waals surface area contributed by atoms with E-state index in [1.807, 2.05) is 0 Å². The van der Waals surface area contributed by atoms with Gasteiger partial charge in [0.2, 0.25) is 0 Å². The van der Waals surface area contributed by atoms with Gasteiger partial charge in [-0.25, -0.2) is 9.37 Å². The molecule has 0 aliphatic rings. The number of hydrogen-bond donors (Lipinski definition) is 1. The van der Waals surface area contributed by atoms with Crippen molar-refractivity contribution >= 4 is 33.7 Å². The molecule has 0 saturated carbocycles. The van der Waals surface area contributed by atoms with Crippen molar-refractivity contribution in [3.05, 3.63) is 22.6 Å². The third-order valence-electron chi connectivity index (χ3n) is 1.67. The molecule has 0 fully saturated rings. The Labute approximate surface area is 99.2 Å². The van der Waals surface area contributed by atoms with Gasteiger partial charge in [0.1, 0.15) is 5.03 Å². The van der Waals surface area contributed by atoms with Crippen molar-refractivity contribution in [2.24, 2.45) is 5.92 Å². The minimum absolute atomic E-state index is 0.228. The Morgan fingerprint density at radius 2 is 2.47 bits per heavy atom. The highest BCUT2D eigenvalue weighted by Crippen LogP contribution is 2.23. The fourth-order valence-corrected chi connectivity index (χ4v) is 1.96. The topological polar surface area (TPSA) is 50.2 Å². The Bertz CT molecular complexity index is 375.